The quantitative estimate of drug-likeness (QED) is 0.651. The van der Waals surface area contributed by atoms with E-state index in [1.165, 1.54) is 11.3 Å². The molecule has 3 nitrogen and oxygen atoms in total. The van der Waals surface area contributed by atoms with Gasteiger partial charge in [-0.15, -0.1) is 0 Å². The predicted octanol–water partition coefficient (Wildman–Crippen LogP) is 2.81. The first-order valence-electron chi connectivity index (χ1n) is 5.07. The van der Waals surface area contributed by atoms with Gasteiger partial charge in [-0.1, -0.05) is 19.1 Å². The number of H-pyrrole nitrogens is 1. The fourth-order valence-electron chi connectivity index (χ4n) is 1.51. The second kappa shape index (κ2) is 5.09. The minimum atomic E-state index is 0.537. The van der Waals surface area contributed by atoms with E-state index >= 15 is 0 Å². The summed E-state index contributed by atoms with van der Waals surface area (Å²) in [6.45, 7) is 3.40. The molecule has 0 spiro atoms. The van der Waals surface area contributed by atoms with Crippen molar-refractivity contribution < 1.29 is 4.74 Å². The highest BCUT2D eigenvalue weighted by Gasteiger charge is 2.14. The molecule has 1 aliphatic rings. The molecule has 2 rings (SSSR count). The van der Waals surface area contributed by atoms with Crippen molar-refractivity contribution in [2.24, 2.45) is 0 Å². The Hall–Kier alpha value is -0.390. The molecule has 2 heterocycles. The molecule has 0 amide bonds. The predicted molar refractivity (Wildman–Crippen MR) is 64.4 cm³/mol. The molecular formula is C10H14N2OS2. The van der Waals surface area contributed by atoms with Crippen molar-refractivity contribution in [2.45, 2.75) is 31.5 Å². The Kier molecular flexibility index (Phi) is 3.77. The second-order valence-corrected chi connectivity index (χ2v) is 4.86. The Morgan fingerprint density at radius 2 is 2.40 bits per heavy atom. The average Bonchev–Trinajstić information content (AvgIpc) is 2.66. The van der Waals surface area contributed by atoms with Crippen LogP contribution in [0.3, 0.4) is 0 Å². The molecule has 0 atom stereocenters. The summed E-state index contributed by atoms with van der Waals surface area (Å²) in [5, 5.41) is 0. The van der Waals surface area contributed by atoms with Crippen LogP contribution in [0.4, 0.5) is 0 Å². The van der Waals surface area contributed by atoms with E-state index in [0.29, 0.717) is 6.61 Å². The summed E-state index contributed by atoms with van der Waals surface area (Å²) in [5.41, 5.74) is 2.43. The maximum Gasteiger partial charge on any atom is 0.134 e. The van der Waals surface area contributed by atoms with Crippen LogP contribution in [-0.2, 0) is 22.8 Å². The highest BCUT2D eigenvalue weighted by molar-refractivity contribution is 7.98. The Morgan fingerprint density at radius 1 is 1.53 bits per heavy atom. The lowest BCUT2D eigenvalue weighted by molar-refractivity contribution is 0.116. The Morgan fingerprint density at radius 3 is 3.20 bits per heavy atom. The molecule has 15 heavy (non-hydrogen) atoms. The standard InChI is InChI=1S/C10H14N2OS2/c1-2-3-13-4-9-11-8-6-15-5-7(8)10(14)12-9/h2-6H2,1H3,(H,11,12,14). The fourth-order valence-corrected chi connectivity index (χ4v) is 2.97. The van der Waals surface area contributed by atoms with E-state index in [1.54, 1.807) is 0 Å². The van der Waals surface area contributed by atoms with E-state index in [-0.39, 0.29) is 0 Å². The van der Waals surface area contributed by atoms with Gasteiger partial charge in [0.25, 0.3) is 0 Å². The molecule has 0 bridgehead atoms. The zero-order valence-corrected chi connectivity index (χ0v) is 10.3. The van der Waals surface area contributed by atoms with Gasteiger partial charge < -0.3 is 9.72 Å². The van der Waals surface area contributed by atoms with Crippen LogP contribution < -0.4 is 0 Å². The fraction of sp³-hybridized carbons (Fsp3) is 0.600. The van der Waals surface area contributed by atoms with Gasteiger partial charge in [0.2, 0.25) is 0 Å². The summed E-state index contributed by atoms with van der Waals surface area (Å²) in [7, 11) is 0. The molecule has 0 fully saturated rings. The van der Waals surface area contributed by atoms with Crippen LogP contribution in [-0.4, -0.2) is 16.6 Å². The summed E-state index contributed by atoms with van der Waals surface area (Å²) in [6.07, 6.45) is 1.03. The number of nitrogens with one attached hydrogen (secondary N) is 1. The van der Waals surface area contributed by atoms with Crippen molar-refractivity contribution in [1.82, 2.24) is 9.97 Å². The van der Waals surface area contributed by atoms with E-state index in [2.05, 4.69) is 16.9 Å². The average molecular weight is 242 g/mol. The van der Waals surface area contributed by atoms with Gasteiger partial charge in [-0.25, -0.2) is 4.98 Å². The van der Waals surface area contributed by atoms with E-state index in [4.69, 9.17) is 17.0 Å². The zero-order chi connectivity index (χ0) is 10.7. The van der Waals surface area contributed by atoms with Crippen molar-refractivity contribution >= 4 is 24.0 Å². The Bertz CT molecular complexity index is 403. The van der Waals surface area contributed by atoms with Crippen LogP contribution in [0.15, 0.2) is 0 Å². The first kappa shape index (κ1) is 11.1. The van der Waals surface area contributed by atoms with Crippen molar-refractivity contribution in [2.75, 3.05) is 6.61 Å². The minimum absolute atomic E-state index is 0.537. The van der Waals surface area contributed by atoms with Crippen molar-refractivity contribution in [1.29, 1.82) is 0 Å². The molecule has 1 N–H and O–H groups in total. The number of thioether (sulfide) groups is 1. The Balaban J connectivity index is 2.13. The van der Waals surface area contributed by atoms with Crippen molar-refractivity contribution in [3.05, 3.63) is 21.7 Å². The summed E-state index contributed by atoms with van der Waals surface area (Å²) in [4.78, 5) is 7.64. The summed E-state index contributed by atoms with van der Waals surface area (Å²) in [6, 6.07) is 0. The SMILES string of the molecule is CCCOCc1nc(=S)c2c([nH]1)CSC2. The van der Waals surface area contributed by atoms with Gasteiger partial charge in [-0.05, 0) is 6.42 Å². The smallest absolute Gasteiger partial charge is 0.134 e. The number of rotatable bonds is 4. The highest BCUT2D eigenvalue weighted by atomic mass is 32.2. The molecule has 1 aliphatic heterocycles. The first-order valence-corrected chi connectivity index (χ1v) is 6.64. The normalized spacial score (nSPS) is 14.2. The van der Waals surface area contributed by atoms with Crippen LogP contribution in [0.1, 0.15) is 30.4 Å². The van der Waals surface area contributed by atoms with Crippen LogP contribution in [0.5, 0.6) is 0 Å². The monoisotopic (exact) mass is 242 g/mol. The maximum atomic E-state index is 5.44. The molecular weight excluding hydrogens is 228 g/mol. The molecule has 1 aromatic heterocycles. The van der Waals surface area contributed by atoms with Gasteiger partial charge >= 0.3 is 0 Å². The van der Waals surface area contributed by atoms with E-state index < -0.39 is 0 Å². The molecule has 0 radical (unpaired) electrons. The molecule has 0 aliphatic carbocycles. The van der Waals surface area contributed by atoms with E-state index in [0.717, 1.165) is 35.0 Å². The number of nitrogens with zero attached hydrogens (tertiary/aromatic N) is 1. The number of ether oxygens (including phenoxy) is 1. The third-order valence-corrected chi connectivity index (χ3v) is 3.56. The van der Waals surface area contributed by atoms with Crippen LogP contribution in [0.25, 0.3) is 0 Å². The topological polar surface area (TPSA) is 37.9 Å². The Labute approximate surface area is 98.6 Å². The van der Waals surface area contributed by atoms with Crippen molar-refractivity contribution in [3.8, 4) is 0 Å². The first-order chi connectivity index (χ1) is 7.31. The molecule has 82 valence electrons. The van der Waals surface area contributed by atoms with Crippen molar-refractivity contribution in [3.63, 3.8) is 0 Å². The maximum absolute atomic E-state index is 5.44. The van der Waals surface area contributed by atoms with Gasteiger partial charge in [-0.3, -0.25) is 0 Å². The van der Waals surface area contributed by atoms with Gasteiger partial charge in [0.1, 0.15) is 17.1 Å². The number of hydrogen-bond acceptors (Lipinski definition) is 4. The molecule has 1 aromatic rings. The third kappa shape index (κ3) is 2.59. The summed E-state index contributed by atoms with van der Waals surface area (Å²) < 4.78 is 6.18. The van der Waals surface area contributed by atoms with Gasteiger partial charge in [-0.2, -0.15) is 11.8 Å². The minimum Gasteiger partial charge on any atom is -0.374 e. The third-order valence-electron chi connectivity index (χ3n) is 2.23. The number of hydrogen-bond donors (Lipinski definition) is 1. The summed E-state index contributed by atoms with van der Waals surface area (Å²) >= 11 is 7.12. The molecule has 0 unspecified atom stereocenters. The van der Waals surface area contributed by atoms with Crippen LogP contribution in [0, 0.1) is 4.64 Å². The molecule has 5 heteroatoms. The number of fused-ring (bicyclic) bond motifs is 1. The second-order valence-electron chi connectivity index (χ2n) is 3.49. The largest absolute Gasteiger partial charge is 0.374 e. The summed E-state index contributed by atoms with van der Waals surface area (Å²) in [5.74, 6) is 2.87. The molecule has 0 aromatic carbocycles. The number of aromatic nitrogens is 2. The lowest BCUT2D eigenvalue weighted by atomic mass is 10.3. The van der Waals surface area contributed by atoms with Gasteiger partial charge in [0.05, 0.1) is 0 Å². The lowest BCUT2D eigenvalue weighted by Gasteiger charge is -2.05. The van der Waals surface area contributed by atoms with Gasteiger partial charge in [0.15, 0.2) is 0 Å². The van der Waals surface area contributed by atoms with Gasteiger partial charge in [0, 0.05) is 29.4 Å². The van der Waals surface area contributed by atoms with E-state index in [1.807, 2.05) is 11.8 Å². The lowest BCUT2D eigenvalue weighted by Crippen LogP contribution is -2.03. The van der Waals surface area contributed by atoms with Crippen LogP contribution >= 0.6 is 24.0 Å². The highest BCUT2D eigenvalue weighted by Crippen LogP contribution is 2.28. The zero-order valence-electron chi connectivity index (χ0n) is 8.71. The molecule has 0 saturated heterocycles. The molecule has 0 saturated carbocycles. The number of aromatic amines is 1. The van der Waals surface area contributed by atoms with Crippen LogP contribution in [0.2, 0.25) is 0 Å². The van der Waals surface area contributed by atoms with E-state index in [9.17, 15) is 0 Å².